The highest BCUT2D eigenvalue weighted by molar-refractivity contribution is 6.33. The molecule has 1 aromatic carbocycles. The Morgan fingerprint density at radius 2 is 2.00 bits per heavy atom. The van der Waals surface area contributed by atoms with Crippen molar-refractivity contribution in [3.05, 3.63) is 57.7 Å². The van der Waals surface area contributed by atoms with Crippen molar-refractivity contribution in [1.82, 2.24) is 10.3 Å². The quantitative estimate of drug-likeness (QED) is 0.912. The third-order valence-electron chi connectivity index (χ3n) is 2.84. The molecule has 0 aliphatic rings. The predicted molar refractivity (Wildman–Crippen MR) is 81.0 cm³/mol. The van der Waals surface area contributed by atoms with Crippen LogP contribution < -0.4 is 11.1 Å². The number of nitrogens with one attached hydrogen (secondary N) is 1. The molecule has 1 aromatic heterocycles. The van der Waals surface area contributed by atoms with Crippen LogP contribution in [0.5, 0.6) is 0 Å². The predicted octanol–water partition coefficient (Wildman–Crippen LogP) is 3.46. The maximum absolute atomic E-state index is 12.2. The Bertz CT molecular complexity index is 646. The van der Waals surface area contributed by atoms with Gasteiger partial charge < -0.3 is 11.1 Å². The standard InChI is InChI=1S/C14H13Cl2N3O/c1-8(9-4-2-3-5-11(9)15)19-14(20)10-6-13(17)18-7-12(10)16/h2-8H,1H3,(H2,17,18)(H,19,20). The van der Waals surface area contributed by atoms with Crippen molar-refractivity contribution in [3.63, 3.8) is 0 Å². The molecule has 0 saturated heterocycles. The van der Waals surface area contributed by atoms with Gasteiger partial charge in [0, 0.05) is 11.2 Å². The van der Waals surface area contributed by atoms with Gasteiger partial charge in [0.15, 0.2) is 0 Å². The third-order valence-corrected chi connectivity index (χ3v) is 3.49. The van der Waals surface area contributed by atoms with Crippen LogP contribution in [0.1, 0.15) is 28.9 Å². The van der Waals surface area contributed by atoms with E-state index >= 15 is 0 Å². The van der Waals surface area contributed by atoms with Crippen molar-refractivity contribution in [2.24, 2.45) is 0 Å². The van der Waals surface area contributed by atoms with E-state index in [0.29, 0.717) is 5.02 Å². The molecule has 1 amide bonds. The van der Waals surface area contributed by atoms with Crippen molar-refractivity contribution in [2.75, 3.05) is 5.73 Å². The number of carbonyl (C=O) groups excluding carboxylic acids is 1. The lowest BCUT2D eigenvalue weighted by Gasteiger charge is -2.16. The Morgan fingerprint density at radius 3 is 2.70 bits per heavy atom. The number of benzene rings is 1. The molecule has 0 saturated carbocycles. The van der Waals surface area contributed by atoms with Gasteiger partial charge in [0.1, 0.15) is 5.82 Å². The van der Waals surface area contributed by atoms with Gasteiger partial charge in [-0.15, -0.1) is 0 Å². The lowest BCUT2D eigenvalue weighted by atomic mass is 10.1. The number of amides is 1. The first-order valence-corrected chi connectivity index (χ1v) is 6.71. The fraction of sp³-hybridized carbons (Fsp3) is 0.143. The Hall–Kier alpha value is -1.78. The summed E-state index contributed by atoms with van der Waals surface area (Å²) in [6.45, 7) is 1.84. The molecule has 104 valence electrons. The molecule has 0 aliphatic carbocycles. The zero-order chi connectivity index (χ0) is 14.7. The summed E-state index contributed by atoms with van der Waals surface area (Å²) in [6.07, 6.45) is 1.35. The zero-order valence-electron chi connectivity index (χ0n) is 10.7. The van der Waals surface area contributed by atoms with Crippen LogP contribution in [0.15, 0.2) is 36.5 Å². The number of anilines is 1. The second-order valence-corrected chi connectivity index (χ2v) is 5.12. The lowest BCUT2D eigenvalue weighted by molar-refractivity contribution is 0.0940. The van der Waals surface area contributed by atoms with Crippen molar-refractivity contribution in [1.29, 1.82) is 0 Å². The molecule has 0 spiro atoms. The molecule has 1 heterocycles. The molecular formula is C14H13Cl2N3O. The number of nitrogens with zero attached hydrogens (tertiary/aromatic N) is 1. The minimum Gasteiger partial charge on any atom is -0.384 e. The van der Waals surface area contributed by atoms with Crippen LogP contribution in [0.2, 0.25) is 10.0 Å². The summed E-state index contributed by atoms with van der Waals surface area (Å²) in [6, 6.07) is 8.52. The number of nitrogen functional groups attached to an aromatic ring is 1. The van der Waals surface area contributed by atoms with E-state index in [1.807, 2.05) is 25.1 Å². The van der Waals surface area contributed by atoms with E-state index in [1.54, 1.807) is 6.07 Å². The largest absolute Gasteiger partial charge is 0.384 e. The summed E-state index contributed by atoms with van der Waals surface area (Å²) in [5, 5.41) is 3.68. The molecule has 1 atom stereocenters. The fourth-order valence-electron chi connectivity index (χ4n) is 1.81. The third kappa shape index (κ3) is 3.21. The van der Waals surface area contributed by atoms with Gasteiger partial charge in [0.05, 0.1) is 16.6 Å². The summed E-state index contributed by atoms with van der Waals surface area (Å²) in [5.41, 5.74) is 6.68. The number of halogens is 2. The van der Waals surface area contributed by atoms with Crippen LogP contribution in [0, 0.1) is 0 Å². The smallest absolute Gasteiger partial charge is 0.253 e. The number of hydrogen-bond donors (Lipinski definition) is 2. The maximum atomic E-state index is 12.2. The first-order chi connectivity index (χ1) is 9.49. The Labute approximate surface area is 126 Å². The number of nitrogens with two attached hydrogens (primary N) is 1. The average molecular weight is 310 g/mol. The number of aromatic nitrogens is 1. The summed E-state index contributed by atoms with van der Waals surface area (Å²) in [5.74, 6) is -0.0820. The Kier molecular flexibility index (Phi) is 4.47. The highest BCUT2D eigenvalue weighted by Gasteiger charge is 2.16. The van der Waals surface area contributed by atoms with E-state index in [9.17, 15) is 4.79 Å². The number of hydrogen-bond acceptors (Lipinski definition) is 3. The maximum Gasteiger partial charge on any atom is 0.253 e. The normalized spacial score (nSPS) is 11.9. The molecule has 20 heavy (non-hydrogen) atoms. The van der Waals surface area contributed by atoms with Gasteiger partial charge in [-0.25, -0.2) is 4.98 Å². The van der Waals surface area contributed by atoms with Crippen molar-refractivity contribution in [2.45, 2.75) is 13.0 Å². The van der Waals surface area contributed by atoms with Crippen molar-refractivity contribution in [3.8, 4) is 0 Å². The molecule has 1 unspecified atom stereocenters. The van der Waals surface area contributed by atoms with Gasteiger partial charge in [0.2, 0.25) is 0 Å². The first kappa shape index (κ1) is 14.6. The van der Waals surface area contributed by atoms with Gasteiger partial charge in [0.25, 0.3) is 5.91 Å². The molecule has 0 radical (unpaired) electrons. The van der Waals surface area contributed by atoms with E-state index < -0.39 is 0 Å². The van der Waals surface area contributed by atoms with Gasteiger partial charge >= 0.3 is 0 Å². The van der Waals surface area contributed by atoms with Crippen LogP contribution in [-0.4, -0.2) is 10.9 Å². The monoisotopic (exact) mass is 309 g/mol. The van der Waals surface area contributed by atoms with Gasteiger partial charge in [-0.1, -0.05) is 41.4 Å². The summed E-state index contributed by atoms with van der Waals surface area (Å²) in [7, 11) is 0. The van der Waals surface area contributed by atoms with E-state index in [4.69, 9.17) is 28.9 Å². The van der Waals surface area contributed by atoms with Crippen LogP contribution in [0.3, 0.4) is 0 Å². The van der Waals surface area contributed by atoms with Crippen molar-refractivity contribution >= 4 is 34.9 Å². The highest BCUT2D eigenvalue weighted by Crippen LogP contribution is 2.23. The summed E-state index contributed by atoms with van der Waals surface area (Å²) in [4.78, 5) is 16.0. The van der Waals surface area contributed by atoms with E-state index in [2.05, 4.69) is 10.3 Å². The molecule has 2 aromatic rings. The topological polar surface area (TPSA) is 68.0 Å². The Balaban J connectivity index is 2.20. The second kappa shape index (κ2) is 6.11. The van der Waals surface area contributed by atoms with Crippen LogP contribution >= 0.6 is 23.2 Å². The molecule has 4 nitrogen and oxygen atoms in total. The molecule has 0 bridgehead atoms. The Morgan fingerprint density at radius 1 is 1.30 bits per heavy atom. The number of rotatable bonds is 3. The van der Waals surface area contributed by atoms with Crippen LogP contribution in [0.25, 0.3) is 0 Å². The average Bonchev–Trinajstić information content (AvgIpc) is 2.41. The first-order valence-electron chi connectivity index (χ1n) is 5.95. The highest BCUT2D eigenvalue weighted by atomic mass is 35.5. The summed E-state index contributed by atoms with van der Waals surface area (Å²) < 4.78 is 0. The number of pyridine rings is 1. The molecule has 0 aliphatic heterocycles. The minimum absolute atomic E-state index is 0.241. The second-order valence-electron chi connectivity index (χ2n) is 4.31. The SMILES string of the molecule is CC(NC(=O)c1cc(N)ncc1Cl)c1ccccc1Cl. The van der Waals surface area contributed by atoms with E-state index in [0.717, 1.165) is 5.56 Å². The zero-order valence-corrected chi connectivity index (χ0v) is 12.2. The number of carbonyl (C=O) groups is 1. The minimum atomic E-state index is -0.323. The molecule has 2 rings (SSSR count). The molecule has 3 N–H and O–H groups in total. The lowest BCUT2D eigenvalue weighted by Crippen LogP contribution is -2.27. The fourth-order valence-corrected chi connectivity index (χ4v) is 2.30. The molecular weight excluding hydrogens is 297 g/mol. The van der Waals surface area contributed by atoms with E-state index in [-0.39, 0.29) is 28.4 Å². The molecule has 0 fully saturated rings. The van der Waals surface area contributed by atoms with E-state index in [1.165, 1.54) is 12.3 Å². The van der Waals surface area contributed by atoms with Crippen molar-refractivity contribution < 1.29 is 4.79 Å². The molecule has 6 heteroatoms. The van der Waals surface area contributed by atoms with Gasteiger partial charge in [-0.3, -0.25) is 4.79 Å². The summed E-state index contributed by atoms with van der Waals surface area (Å²) >= 11 is 12.0. The van der Waals surface area contributed by atoms with Crippen LogP contribution in [-0.2, 0) is 0 Å². The van der Waals surface area contributed by atoms with Gasteiger partial charge in [-0.2, -0.15) is 0 Å². The van der Waals surface area contributed by atoms with Crippen LogP contribution in [0.4, 0.5) is 5.82 Å². The van der Waals surface area contributed by atoms with Gasteiger partial charge in [-0.05, 0) is 24.6 Å².